The average Bonchev–Trinajstić information content (AvgIpc) is 2.74. The van der Waals surface area contributed by atoms with Crippen molar-refractivity contribution in [2.75, 3.05) is 6.54 Å². The molecule has 5 nitrogen and oxygen atoms in total. The molecule has 5 heteroatoms. The van der Waals surface area contributed by atoms with Gasteiger partial charge in [-0.2, -0.15) is 0 Å². The highest BCUT2D eigenvalue weighted by molar-refractivity contribution is 6.05. The van der Waals surface area contributed by atoms with E-state index in [-0.39, 0.29) is 24.1 Å². The van der Waals surface area contributed by atoms with Gasteiger partial charge in [0.2, 0.25) is 11.8 Å². The molecule has 120 valence electrons. The van der Waals surface area contributed by atoms with E-state index in [1.54, 1.807) is 4.90 Å². The molecule has 1 unspecified atom stereocenters. The Morgan fingerprint density at radius 2 is 2.05 bits per heavy atom. The lowest BCUT2D eigenvalue weighted by atomic mass is 10.00. The molecular weight excluding hydrogens is 280 g/mol. The molecule has 0 aliphatic carbocycles. The Morgan fingerprint density at radius 1 is 1.36 bits per heavy atom. The van der Waals surface area contributed by atoms with Gasteiger partial charge in [-0.25, -0.2) is 0 Å². The minimum absolute atomic E-state index is 0.0696. The first-order chi connectivity index (χ1) is 10.3. The molecule has 1 N–H and O–H groups in total. The van der Waals surface area contributed by atoms with Crippen molar-refractivity contribution >= 4 is 17.7 Å². The number of imide groups is 1. The van der Waals surface area contributed by atoms with Crippen LogP contribution in [0.15, 0.2) is 22.8 Å². The highest BCUT2D eigenvalue weighted by atomic mass is 16.2. The van der Waals surface area contributed by atoms with Gasteiger partial charge in [-0.15, -0.1) is 0 Å². The monoisotopic (exact) mass is 304 g/mol. The van der Waals surface area contributed by atoms with Gasteiger partial charge >= 0.3 is 0 Å². The summed E-state index contributed by atoms with van der Waals surface area (Å²) in [5, 5.41) is 2.33. The largest absolute Gasteiger partial charge is 0.323 e. The topological polar surface area (TPSA) is 66.5 Å². The van der Waals surface area contributed by atoms with Crippen molar-refractivity contribution in [2.24, 2.45) is 5.92 Å². The van der Waals surface area contributed by atoms with Crippen molar-refractivity contribution in [1.82, 2.24) is 10.2 Å². The molecule has 1 fully saturated rings. The van der Waals surface area contributed by atoms with Crippen molar-refractivity contribution < 1.29 is 14.4 Å². The Hall–Kier alpha value is -1.91. The molecular formula is C17H24N2O3. The second-order valence-electron chi connectivity index (χ2n) is 6.30. The number of piperidine rings is 1. The molecule has 1 saturated heterocycles. The predicted octanol–water partition coefficient (Wildman–Crippen LogP) is 1.94. The first-order valence-corrected chi connectivity index (χ1v) is 7.90. The summed E-state index contributed by atoms with van der Waals surface area (Å²) < 4.78 is 0. The van der Waals surface area contributed by atoms with Gasteiger partial charge in [-0.1, -0.05) is 32.4 Å². The fourth-order valence-corrected chi connectivity index (χ4v) is 2.85. The van der Waals surface area contributed by atoms with Crippen molar-refractivity contribution in [3.8, 4) is 0 Å². The molecule has 1 atom stereocenters. The molecule has 2 rings (SSSR count). The van der Waals surface area contributed by atoms with Gasteiger partial charge in [0, 0.05) is 18.5 Å². The molecule has 0 aromatic carbocycles. The average molecular weight is 304 g/mol. The zero-order valence-electron chi connectivity index (χ0n) is 13.7. The standard InChI is InChI=1S/C17H24N2O3/c1-5-13-12(8-11(4)10(2)3)9-19(17(13)22)14-6-7-15(20)18-16(14)21/h8,10,14H,5-7,9H2,1-4H3,(H,18,20,21)/b11-8+. The highest BCUT2D eigenvalue weighted by Crippen LogP contribution is 2.28. The molecule has 2 aliphatic heterocycles. The highest BCUT2D eigenvalue weighted by Gasteiger charge is 2.39. The SMILES string of the molecule is CCC1=C(/C=C(\C)C(C)C)CN(C2CCC(=O)NC2=O)C1=O. The number of allylic oxidation sites excluding steroid dienone is 1. The van der Waals surface area contributed by atoms with E-state index in [0.29, 0.717) is 25.3 Å². The molecule has 0 bridgehead atoms. The molecule has 0 saturated carbocycles. The maximum Gasteiger partial charge on any atom is 0.251 e. The Kier molecular flexibility index (Phi) is 4.84. The molecule has 0 aromatic heterocycles. The second-order valence-corrected chi connectivity index (χ2v) is 6.30. The van der Waals surface area contributed by atoms with E-state index in [2.05, 4.69) is 32.2 Å². The lowest BCUT2D eigenvalue weighted by molar-refractivity contribution is -0.142. The van der Waals surface area contributed by atoms with E-state index in [9.17, 15) is 14.4 Å². The van der Waals surface area contributed by atoms with E-state index in [4.69, 9.17) is 0 Å². The number of hydrogen-bond acceptors (Lipinski definition) is 3. The number of carbonyl (C=O) groups is 3. The van der Waals surface area contributed by atoms with Gasteiger partial charge in [0.1, 0.15) is 6.04 Å². The minimum Gasteiger partial charge on any atom is -0.323 e. The van der Waals surface area contributed by atoms with Crippen molar-refractivity contribution in [3.63, 3.8) is 0 Å². The third-order valence-electron chi connectivity index (χ3n) is 4.50. The number of amides is 3. The van der Waals surface area contributed by atoms with Crippen LogP contribution >= 0.6 is 0 Å². The zero-order chi connectivity index (χ0) is 16.4. The van der Waals surface area contributed by atoms with Crippen LogP contribution in [0.5, 0.6) is 0 Å². The summed E-state index contributed by atoms with van der Waals surface area (Å²) in [5.41, 5.74) is 3.01. The normalized spacial score (nSPS) is 23.7. The van der Waals surface area contributed by atoms with Crippen LogP contribution in [-0.2, 0) is 14.4 Å². The predicted molar refractivity (Wildman–Crippen MR) is 83.8 cm³/mol. The quantitative estimate of drug-likeness (QED) is 0.807. The van der Waals surface area contributed by atoms with E-state index in [1.165, 1.54) is 5.57 Å². The number of rotatable bonds is 4. The molecule has 0 aromatic rings. The van der Waals surface area contributed by atoms with Crippen molar-refractivity contribution in [2.45, 2.75) is 53.0 Å². The van der Waals surface area contributed by atoms with Crippen LogP contribution in [0.1, 0.15) is 47.0 Å². The van der Waals surface area contributed by atoms with Crippen molar-refractivity contribution in [1.29, 1.82) is 0 Å². The molecule has 22 heavy (non-hydrogen) atoms. The summed E-state index contributed by atoms with van der Waals surface area (Å²) in [6.07, 6.45) is 3.43. The lowest BCUT2D eigenvalue weighted by Gasteiger charge is -2.29. The van der Waals surface area contributed by atoms with Crippen LogP contribution in [0.4, 0.5) is 0 Å². The van der Waals surface area contributed by atoms with Crippen LogP contribution < -0.4 is 5.32 Å². The molecule has 2 aliphatic rings. The maximum absolute atomic E-state index is 12.6. The summed E-state index contributed by atoms with van der Waals surface area (Å²) in [4.78, 5) is 37.5. The third-order valence-corrected chi connectivity index (χ3v) is 4.50. The minimum atomic E-state index is -0.531. The smallest absolute Gasteiger partial charge is 0.251 e. The van der Waals surface area contributed by atoms with Gasteiger partial charge in [0.05, 0.1) is 0 Å². The van der Waals surface area contributed by atoms with E-state index in [0.717, 1.165) is 11.1 Å². The van der Waals surface area contributed by atoms with E-state index < -0.39 is 6.04 Å². The van der Waals surface area contributed by atoms with Crippen LogP contribution in [0.3, 0.4) is 0 Å². The second kappa shape index (κ2) is 6.46. The van der Waals surface area contributed by atoms with Crippen LogP contribution in [0.2, 0.25) is 0 Å². The Balaban J connectivity index is 2.23. The lowest BCUT2D eigenvalue weighted by Crippen LogP contribution is -2.53. The van der Waals surface area contributed by atoms with Gasteiger partial charge in [0.25, 0.3) is 5.91 Å². The summed E-state index contributed by atoms with van der Waals surface area (Å²) in [6, 6.07) is -0.531. The van der Waals surface area contributed by atoms with Gasteiger partial charge < -0.3 is 4.90 Å². The fourth-order valence-electron chi connectivity index (χ4n) is 2.85. The number of nitrogens with zero attached hydrogens (tertiary/aromatic N) is 1. The molecule has 3 amide bonds. The van der Waals surface area contributed by atoms with Crippen molar-refractivity contribution in [3.05, 3.63) is 22.8 Å². The fraction of sp³-hybridized carbons (Fsp3) is 0.588. The van der Waals surface area contributed by atoms with E-state index in [1.807, 2.05) is 6.92 Å². The van der Waals surface area contributed by atoms with E-state index >= 15 is 0 Å². The maximum atomic E-state index is 12.6. The van der Waals surface area contributed by atoms with Gasteiger partial charge in [-0.3, -0.25) is 19.7 Å². The van der Waals surface area contributed by atoms with Gasteiger partial charge in [0.15, 0.2) is 0 Å². The number of carbonyl (C=O) groups excluding carboxylic acids is 3. The Bertz CT molecular complexity index is 572. The zero-order valence-corrected chi connectivity index (χ0v) is 13.7. The van der Waals surface area contributed by atoms with Crippen LogP contribution in [-0.4, -0.2) is 35.2 Å². The molecule has 2 heterocycles. The summed E-state index contributed by atoms with van der Waals surface area (Å²) in [7, 11) is 0. The van der Waals surface area contributed by atoms with Crippen LogP contribution in [0.25, 0.3) is 0 Å². The summed E-state index contributed by atoms with van der Waals surface area (Å²) >= 11 is 0. The number of nitrogens with one attached hydrogen (secondary N) is 1. The Labute approximate surface area is 131 Å². The first kappa shape index (κ1) is 16.5. The number of hydrogen-bond donors (Lipinski definition) is 1. The Morgan fingerprint density at radius 3 is 2.59 bits per heavy atom. The van der Waals surface area contributed by atoms with Crippen LogP contribution in [0, 0.1) is 5.92 Å². The first-order valence-electron chi connectivity index (χ1n) is 7.90. The summed E-state index contributed by atoms with van der Waals surface area (Å²) in [5.74, 6) is -0.261. The molecule has 0 spiro atoms. The van der Waals surface area contributed by atoms with Gasteiger partial charge in [-0.05, 0) is 31.3 Å². The molecule has 0 radical (unpaired) electrons. The third kappa shape index (κ3) is 3.13. The summed E-state index contributed by atoms with van der Waals surface area (Å²) in [6.45, 7) is 8.71.